The zero-order chi connectivity index (χ0) is 20.4. The Bertz CT molecular complexity index is 696. The normalized spacial score (nSPS) is 14.1. The zero-order valence-electron chi connectivity index (χ0n) is 16.5. The standard InChI is InChI=1S/C19H31FN2O3S2/c1-14(2)8-7-9-15(3)21-19(23)17(12-13-26-4)22-27(24,25)18-11-6-5-10-16(18)20/h5-6,10-11,14-15,17,22H,7-9,12-13H2,1-4H3,(H,21,23). The summed E-state index contributed by atoms with van der Waals surface area (Å²) in [6.07, 6.45) is 5.12. The van der Waals surface area contributed by atoms with Crippen molar-refractivity contribution in [3.63, 3.8) is 0 Å². The summed E-state index contributed by atoms with van der Waals surface area (Å²) in [5, 5.41) is 2.88. The van der Waals surface area contributed by atoms with Gasteiger partial charge in [-0.05, 0) is 49.8 Å². The number of thioether (sulfide) groups is 1. The van der Waals surface area contributed by atoms with Crippen molar-refractivity contribution in [2.75, 3.05) is 12.0 Å². The largest absolute Gasteiger partial charge is 0.352 e. The fourth-order valence-electron chi connectivity index (χ4n) is 2.64. The van der Waals surface area contributed by atoms with Gasteiger partial charge in [0.05, 0.1) is 0 Å². The molecule has 0 aliphatic heterocycles. The summed E-state index contributed by atoms with van der Waals surface area (Å²) < 4.78 is 41.3. The van der Waals surface area contributed by atoms with E-state index in [0.29, 0.717) is 18.1 Å². The molecule has 2 atom stereocenters. The van der Waals surface area contributed by atoms with Gasteiger partial charge >= 0.3 is 0 Å². The molecule has 1 amide bonds. The van der Waals surface area contributed by atoms with E-state index in [0.717, 1.165) is 25.3 Å². The Balaban J connectivity index is 2.79. The lowest BCUT2D eigenvalue weighted by Crippen LogP contribution is -2.49. The smallest absolute Gasteiger partial charge is 0.244 e. The van der Waals surface area contributed by atoms with Crippen molar-refractivity contribution >= 4 is 27.7 Å². The van der Waals surface area contributed by atoms with E-state index in [1.807, 2.05) is 13.2 Å². The van der Waals surface area contributed by atoms with Crippen LogP contribution in [0, 0.1) is 11.7 Å². The fraction of sp³-hybridized carbons (Fsp3) is 0.632. The summed E-state index contributed by atoms with van der Waals surface area (Å²) in [7, 11) is -4.12. The maximum absolute atomic E-state index is 13.9. The van der Waals surface area contributed by atoms with Crippen molar-refractivity contribution in [2.45, 2.75) is 63.4 Å². The van der Waals surface area contributed by atoms with Gasteiger partial charge in [0.2, 0.25) is 15.9 Å². The molecular weight excluding hydrogens is 387 g/mol. The topological polar surface area (TPSA) is 75.3 Å². The lowest BCUT2D eigenvalue weighted by molar-refractivity contribution is -0.123. The van der Waals surface area contributed by atoms with Crippen LogP contribution in [0.25, 0.3) is 0 Å². The Hall–Kier alpha value is -1.12. The van der Waals surface area contributed by atoms with Crippen molar-refractivity contribution < 1.29 is 17.6 Å². The highest BCUT2D eigenvalue weighted by atomic mass is 32.2. The van der Waals surface area contributed by atoms with Gasteiger partial charge in [-0.2, -0.15) is 16.5 Å². The first kappa shape index (κ1) is 23.9. The second kappa shape index (κ2) is 11.7. The number of carbonyl (C=O) groups is 1. The Morgan fingerprint density at radius 3 is 2.41 bits per heavy atom. The molecule has 0 bridgehead atoms. The van der Waals surface area contributed by atoms with Gasteiger partial charge in [0, 0.05) is 6.04 Å². The van der Waals surface area contributed by atoms with Crippen LogP contribution < -0.4 is 10.0 Å². The molecule has 0 fully saturated rings. The SMILES string of the molecule is CSCCC(NS(=O)(=O)c1ccccc1F)C(=O)NC(C)CCCC(C)C. The van der Waals surface area contributed by atoms with Crippen LogP contribution in [0.2, 0.25) is 0 Å². The third-order valence-electron chi connectivity index (χ3n) is 4.16. The highest BCUT2D eigenvalue weighted by Crippen LogP contribution is 2.15. The molecule has 0 heterocycles. The van der Waals surface area contributed by atoms with Gasteiger partial charge in [-0.25, -0.2) is 12.8 Å². The predicted octanol–water partition coefficient (Wildman–Crippen LogP) is 3.56. The number of sulfonamides is 1. The number of amides is 1. The Kier molecular flexibility index (Phi) is 10.3. The van der Waals surface area contributed by atoms with Crippen LogP contribution >= 0.6 is 11.8 Å². The second-order valence-corrected chi connectivity index (χ2v) is 9.79. The molecule has 5 nitrogen and oxygen atoms in total. The third-order valence-corrected chi connectivity index (χ3v) is 6.31. The van der Waals surface area contributed by atoms with Crippen LogP contribution in [-0.2, 0) is 14.8 Å². The number of halogens is 1. The van der Waals surface area contributed by atoms with E-state index in [4.69, 9.17) is 0 Å². The molecule has 27 heavy (non-hydrogen) atoms. The molecule has 2 N–H and O–H groups in total. The predicted molar refractivity (Wildman–Crippen MR) is 110 cm³/mol. The molecule has 0 aliphatic carbocycles. The monoisotopic (exact) mass is 418 g/mol. The molecule has 2 unspecified atom stereocenters. The van der Waals surface area contributed by atoms with Gasteiger partial charge < -0.3 is 5.32 Å². The molecule has 0 saturated carbocycles. The first-order valence-corrected chi connectivity index (χ1v) is 12.1. The third kappa shape index (κ3) is 8.62. The van der Waals surface area contributed by atoms with Crippen LogP contribution in [0.4, 0.5) is 4.39 Å². The molecule has 0 aromatic heterocycles. The van der Waals surface area contributed by atoms with Crippen LogP contribution in [-0.4, -0.2) is 38.4 Å². The van der Waals surface area contributed by atoms with E-state index in [1.165, 1.54) is 30.0 Å². The molecule has 0 spiro atoms. The Morgan fingerprint density at radius 1 is 1.15 bits per heavy atom. The summed E-state index contributed by atoms with van der Waals surface area (Å²) in [6.45, 7) is 6.22. The van der Waals surface area contributed by atoms with E-state index < -0.39 is 26.8 Å². The fourth-order valence-corrected chi connectivity index (χ4v) is 4.42. The zero-order valence-corrected chi connectivity index (χ0v) is 18.1. The summed E-state index contributed by atoms with van der Waals surface area (Å²) in [4.78, 5) is 12.2. The maximum atomic E-state index is 13.9. The summed E-state index contributed by atoms with van der Waals surface area (Å²) in [5.74, 6) is 0.00600. The average Bonchev–Trinajstić information content (AvgIpc) is 2.58. The van der Waals surface area contributed by atoms with Gasteiger partial charge in [0.1, 0.15) is 16.8 Å². The minimum atomic E-state index is -4.12. The molecule has 0 saturated heterocycles. The minimum Gasteiger partial charge on any atom is -0.352 e. The van der Waals surface area contributed by atoms with E-state index in [-0.39, 0.29) is 11.9 Å². The highest BCUT2D eigenvalue weighted by molar-refractivity contribution is 7.98. The Labute approximate surface area is 166 Å². The van der Waals surface area contributed by atoms with Crippen molar-refractivity contribution in [3.05, 3.63) is 30.1 Å². The molecule has 8 heteroatoms. The number of hydrogen-bond donors (Lipinski definition) is 2. The molecular formula is C19H31FN2O3S2. The number of benzene rings is 1. The summed E-state index contributed by atoms with van der Waals surface area (Å²) in [5.41, 5.74) is 0. The number of carbonyl (C=O) groups excluding carboxylic acids is 1. The average molecular weight is 419 g/mol. The summed E-state index contributed by atoms with van der Waals surface area (Å²) >= 11 is 1.52. The van der Waals surface area contributed by atoms with Crippen molar-refractivity contribution in [2.24, 2.45) is 5.92 Å². The molecule has 1 aromatic rings. The van der Waals surface area contributed by atoms with Crippen molar-refractivity contribution in [1.29, 1.82) is 0 Å². The molecule has 0 aliphatic rings. The van der Waals surface area contributed by atoms with Crippen LogP contribution in [0.15, 0.2) is 29.2 Å². The molecule has 0 radical (unpaired) electrons. The number of hydrogen-bond acceptors (Lipinski definition) is 4. The first-order chi connectivity index (χ1) is 12.7. The number of nitrogens with one attached hydrogen (secondary N) is 2. The van der Waals surface area contributed by atoms with Crippen LogP contribution in [0.1, 0.15) is 46.5 Å². The van der Waals surface area contributed by atoms with Crippen molar-refractivity contribution in [1.82, 2.24) is 10.0 Å². The highest BCUT2D eigenvalue weighted by Gasteiger charge is 2.27. The quantitative estimate of drug-likeness (QED) is 0.544. The van der Waals surface area contributed by atoms with Gasteiger partial charge in [0.15, 0.2) is 0 Å². The lowest BCUT2D eigenvalue weighted by Gasteiger charge is -2.21. The summed E-state index contributed by atoms with van der Waals surface area (Å²) in [6, 6.07) is 4.16. The molecule has 154 valence electrons. The van der Waals surface area contributed by atoms with Crippen LogP contribution in [0.5, 0.6) is 0 Å². The van der Waals surface area contributed by atoms with Gasteiger partial charge in [0.25, 0.3) is 0 Å². The van der Waals surface area contributed by atoms with Crippen molar-refractivity contribution in [3.8, 4) is 0 Å². The van der Waals surface area contributed by atoms with Crippen LogP contribution in [0.3, 0.4) is 0 Å². The van der Waals surface area contributed by atoms with E-state index in [9.17, 15) is 17.6 Å². The Morgan fingerprint density at radius 2 is 1.81 bits per heavy atom. The molecule has 1 aromatic carbocycles. The lowest BCUT2D eigenvalue weighted by atomic mass is 10.0. The molecule has 1 rings (SSSR count). The maximum Gasteiger partial charge on any atom is 0.244 e. The van der Waals surface area contributed by atoms with E-state index >= 15 is 0 Å². The minimum absolute atomic E-state index is 0.0500. The van der Waals surface area contributed by atoms with E-state index in [1.54, 1.807) is 0 Å². The van der Waals surface area contributed by atoms with E-state index in [2.05, 4.69) is 23.9 Å². The van der Waals surface area contributed by atoms with Gasteiger partial charge in [-0.3, -0.25) is 4.79 Å². The number of rotatable bonds is 12. The second-order valence-electron chi connectivity index (χ2n) is 7.12. The first-order valence-electron chi connectivity index (χ1n) is 9.23. The van der Waals surface area contributed by atoms with Gasteiger partial charge in [-0.1, -0.05) is 38.8 Å². The van der Waals surface area contributed by atoms with Gasteiger partial charge in [-0.15, -0.1) is 0 Å².